The van der Waals surface area contributed by atoms with Crippen LogP contribution in [0.5, 0.6) is 0 Å². The van der Waals surface area contributed by atoms with Crippen LogP contribution >= 0.6 is 23.2 Å². The van der Waals surface area contributed by atoms with Crippen LogP contribution in [0.1, 0.15) is 25.3 Å². The summed E-state index contributed by atoms with van der Waals surface area (Å²) in [6.45, 7) is 2.67. The van der Waals surface area contributed by atoms with E-state index in [1.165, 1.54) is 6.07 Å². The van der Waals surface area contributed by atoms with Crippen LogP contribution in [0.15, 0.2) is 18.2 Å². The van der Waals surface area contributed by atoms with Crippen LogP contribution in [0, 0.1) is 5.82 Å². The maximum absolute atomic E-state index is 13.2. The second kappa shape index (κ2) is 7.10. The van der Waals surface area contributed by atoms with Gasteiger partial charge in [0.2, 0.25) is 0 Å². The van der Waals surface area contributed by atoms with E-state index in [-0.39, 0.29) is 10.8 Å². The van der Waals surface area contributed by atoms with Gasteiger partial charge in [-0.2, -0.15) is 0 Å². The van der Waals surface area contributed by atoms with E-state index in [1.54, 1.807) is 6.07 Å². The zero-order valence-corrected chi connectivity index (χ0v) is 10.8. The Bertz CT molecular complexity index is 331. The lowest BCUT2D eigenvalue weighted by atomic mass is 10.1. The smallest absolute Gasteiger partial charge is 0.142 e. The van der Waals surface area contributed by atoms with E-state index < -0.39 is 0 Å². The first-order chi connectivity index (χ1) is 7.69. The van der Waals surface area contributed by atoms with Gasteiger partial charge in [0.05, 0.1) is 5.02 Å². The maximum atomic E-state index is 13.2. The second-order valence-electron chi connectivity index (χ2n) is 3.68. The molecule has 1 rings (SSSR count). The molecule has 0 radical (unpaired) electrons. The Morgan fingerprint density at radius 3 is 2.81 bits per heavy atom. The van der Waals surface area contributed by atoms with Gasteiger partial charge in [-0.05, 0) is 24.5 Å². The van der Waals surface area contributed by atoms with Crippen molar-refractivity contribution in [2.24, 2.45) is 0 Å². The molecule has 0 aliphatic carbocycles. The van der Waals surface area contributed by atoms with E-state index in [4.69, 9.17) is 23.2 Å². The van der Waals surface area contributed by atoms with Crippen LogP contribution in [-0.2, 0) is 6.54 Å². The van der Waals surface area contributed by atoms with Gasteiger partial charge in [-0.15, -0.1) is 11.6 Å². The summed E-state index contributed by atoms with van der Waals surface area (Å²) in [6, 6.07) is 5.21. The average Bonchev–Trinajstić information content (AvgIpc) is 2.29. The molecule has 0 spiro atoms. The molecule has 0 aliphatic heterocycles. The molecule has 0 fully saturated rings. The predicted octanol–water partition coefficient (Wildman–Crippen LogP) is 3.98. The average molecular weight is 264 g/mol. The first kappa shape index (κ1) is 13.8. The fourth-order valence-corrected chi connectivity index (χ4v) is 1.98. The van der Waals surface area contributed by atoms with Crippen LogP contribution in [0.2, 0.25) is 5.02 Å². The largest absolute Gasteiger partial charge is 0.310 e. The van der Waals surface area contributed by atoms with Crippen molar-refractivity contribution in [2.45, 2.75) is 32.4 Å². The molecule has 1 nitrogen and oxygen atoms in total. The third kappa shape index (κ3) is 3.93. The molecular weight excluding hydrogens is 248 g/mol. The van der Waals surface area contributed by atoms with Gasteiger partial charge in [0.25, 0.3) is 0 Å². The van der Waals surface area contributed by atoms with Crippen molar-refractivity contribution in [3.8, 4) is 0 Å². The molecule has 4 heteroatoms. The number of benzene rings is 1. The first-order valence-corrected chi connectivity index (χ1v) is 6.32. The lowest BCUT2D eigenvalue weighted by Gasteiger charge is -2.16. The zero-order valence-electron chi connectivity index (χ0n) is 9.27. The van der Waals surface area contributed by atoms with E-state index in [9.17, 15) is 4.39 Å². The number of hydrogen-bond donors (Lipinski definition) is 1. The topological polar surface area (TPSA) is 12.0 Å². The maximum Gasteiger partial charge on any atom is 0.142 e. The van der Waals surface area contributed by atoms with Gasteiger partial charge in [-0.1, -0.05) is 30.7 Å². The van der Waals surface area contributed by atoms with E-state index >= 15 is 0 Å². The predicted molar refractivity (Wildman–Crippen MR) is 67.7 cm³/mol. The summed E-state index contributed by atoms with van der Waals surface area (Å²) in [5, 5.41) is 3.52. The monoisotopic (exact) mass is 263 g/mol. The Morgan fingerprint density at radius 1 is 1.44 bits per heavy atom. The number of rotatable bonds is 6. The highest BCUT2D eigenvalue weighted by atomic mass is 35.5. The molecule has 0 saturated carbocycles. The van der Waals surface area contributed by atoms with Gasteiger partial charge in [-0.3, -0.25) is 0 Å². The summed E-state index contributed by atoms with van der Waals surface area (Å²) in [5.41, 5.74) is 0.787. The zero-order chi connectivity index (χ0) is 12.0. The number of alkyl halides is 1. The SMILES string of the molecule is CCC(CCCl)NCc1cccc(F)c1Cl. The molecular formula is C12H16Cl2FN. The molecule has 1 aromatic rings. The summed E-state index contributed by atoms with van der Waals surface area (Å²) in [5.74, 6) is 0.258. The van der Waals surface area contributed by atoms with E-state index in [1.807, 2.05) is 6.07 Å². The third-order valence-corrected chi connectivity index (χ3v) is 3.20. The lowest BCUT2D eigenvalue weighted by Crippen LogP contribution is -2.28. The summed E-state index contributed by atoms with van der Waals surface area (Å²) >= 11 is 11.5. The molecule has 1 aromatic carbocycles. The number of halogens is 3. The highest BCUT2D eigenvalue weighted by molar-refractivity contribution is 6.31. The van der Waals surface area contributed by atoms with Gasteiger partial charge in [0.15, 0.2) is 0 Å². The van der Waals surface area contributed by atoms with Gasteiger partial charge < -0.3 is 5.32 Å². The minimum absolute atomic E-state index is 0.204. The fourth-order valence-electron chi connectivity index (χ4n) is 1.52. The second-order valence-corrected chi connectivity index (χ2v) is 4.43. The summed E-state index contributed by atoms with van der Waals surface area (Å²) < 4.78 is 13.2. The molecule has 0 amide bonds. The normalized spacial score (nSPS) is 12.8. The number of hydrogen-bond acceptors (Lipinski definition) is 1. The Morgan fingerprint density at radius 2 is 2.19 bits per heavy atom. The van der Waals surface area contributed by atoms with Crippen molar-refractivity contribution in [3.63, 3.8) is 0 Å². The van der Waals surface area contributed by atoms with Crippen LogP contribution in [0.25, 0.3) is 0 Å². The van der Waals surface area contributed by atoms with Crippen LogP contribution in [-0.4, -0.2) is 11.9 Å². The van der Waals surface area contributed by atoms with E-state index in [2.05, 4.69) is 12.2 Å². The van der Waals surface area contributed by atoms with E-state index in [0.29, 0.717) is 18.5 Å². The van der Waals surface area contributed by atoms with Crippen LogP contribution in [0.4, 0.5) is 4.39 Å². The third-order valence-electron chi connectivity index (χ3n) is 2.56. The minimum Gasteiger partial charge on any atom is -0.310 e. The summed E-state index contributed by atoms with van der Waals surface area (Å²) in [4.78, 5) is 0. The Kier molecular flexibility index (Phi) is 6.10. The molecule has 0 saturated heterocycles. The molecule has 90 valence electrons. The molecule has 1 atom stereocenters. The highest BCUT2D eigenvalue weighted by Gasteiger charge is 2.08. The summed E-state index contributed by atoms with van der Waals surface area (Å²) in [6.07, 6.45) is 1.91. The van der Waals surface area contributed by atoms with Crippen molar-refractivity contribution in [1.29, 1.82) is 0 Å². The Hall–Kier alpha value is -0.310. The molecule has 0 aromatic heterocycles. The minimum atomic E-state index is -0.369. The standard InChI is InChI=1S/C12H16Cl2FN/c1-2-10(6-7-13)16-8-9-4-3-5-11(15)12(9)14/h3-5,10,16H,2,6-8H2,1H3. The number of nitrogens with one attached hydrogen (secondary N) is 1. The molecule has 0 aliphatic rings. The van der Waals surface area contributed by atoms with Crippen LogP contribution in [0.3, 0.4) is 0 Å². The quantitative estimate of drug-likeness (QED) is 0.766. The Balaban J connectivity index is 2.56. The van der Waals surface area contributed by atoms with Crippen molar-refractivity contribution in [1.82, 2.24) is 5.32 Å². The van der Waals surface area contributed by atoms with E-state index in [0.717, 1.165) is 18.4 Å². The molecule has 0 heterocycles. The first-order valence-electron chi connectivity index (χ1n) is 5.41. The van der Waals surface area contributed by atoms with Crippen molar-refractivity contribution < 1.29 is 4.39 Å². The molecule has 16 heavy (non-hydrogen) atoms. The summed E-state index contributed by atoms with van der Waals surface area (Å²) in [7, 11) is 0. The van der Waals surface area contributed by atoms with Crippen LogP contribution < -0.4 is 5.32 Å². The van der Waals surface area contributed by atoms with Gasteiger partial charge >= 0.3 is 0 Å². The molecule has 1 N–H and O–H groups in total. The highest BCUT2D eigenvalue weighted by Crippen LogP contribution is 2.19. The van der Waals surface area contributed by atoms with Crippen molar-refractivity contribution >= 4 is 23.2 Å². The Labute approximate surface area is 106 Å². The van der Waals surface area contributed by atoms with Gasteiger partial charge in [-0.25, -0.2) is 4.39 Å². The van der Waals surface area contributed by atoms with Gasteiger partial charge in [0.1, 0.15) is 5.82 Å². The molecule has 0 bridgehead atoms. The fraction of sp³-hybridized carbons (Fsp3) is 0.500. The van der Waals surface area contributed by atoms with Gasteiger partial charge in [0, 0.05) is 18.5 Å². The van der Waals surface area contributed by atoms with Crippen molar-refractivity contribution in [3.05, 3.63) is 34.6 Å². The molecule has 1 unspecified atom stereocenters. The lowest BCUT2D eigenvalue weighted by molar-refractivity contribution is 0.485. The van der Waals surface area contributed by atoms with Crippen molar-refractivity contribution in [2.75, 3.05) is 5.88 Å².